The summed E-state index contributed by atoms with van der Waals surface area (Å²) in [4.78, 5) is 29.3. The van der Waals surface area contributed by atoms with Gasteiger partial charge in [0.1, 0.15) is 6.54 Å². The molecule has 29 heavy (non-hydrogen) atoms. The molecule has 154 valence electrons. The van der Waals surface area contributed by atoms with Crippen molar-refractivity contribution in [1.29, 1.82) is 0 Å². The van der Waals surface area contributed by atoms with Gasteiger partial charge < -0.3 is 18.9 Å². The molecule has 0 spiro atoms. The van der Waals surface area contributed by atoms with Crippen LogP contribution >= 0.6 is 0 Å². The maximum absolute atomic E-state index is 12.8. The average molecular weight is 397 g/mol. The molecule has 0 saturated carbocycles. The van der Waals surface area contributed by atoms with Crippen molar-refractivity contribution in [2.24, 2.45) is 0 Å². The maximum atomic E-state index is 12.8. The Kier molecular flexibility index (Phi) is 5.97. The Balaban J connectivity index is 1.55. The summed E-state index contributed by atoms with van der Waals surface area (Å²) in [6, 6.07) is 10.1. The van der Waals surface area contributed by atoms with Gasteiger partial charge in [-0.1, -0.05) is 24.3 Å². The number of rotatable bonds is 5. The SMILES string of the molecule is COc1cn(CC(=O)N2CCOCC2)c(CN2CCc3ccccc3C2)cc1=O. The lowest BCUT2D eigenvalue weighted by Crippen LogP contribution is -2.42. The summed E-state index contributed by atoms with van der Waals surface area (Å²) in [6.07, 6.45) is 2.65. The zero-order valence-electron chi connectivity index (χ0n) is 16.8. The zero-order valence-corrected chi connectivity index (χ0v) is 16.8. The van der Waals surface area contributed by atoms with Crippen molar-refractivity contribution in [3.63, 3.8) is 0 Å². The van der Waals surface area contributed by atoms with Gasteiger partial charge >= 0.3 is 0 Å². The van der Waals surface area contributed by atoms with E-state index in [0.717, 1.165) is 25.2 Å². The lowest BCUT2D eigenvalue weighted by molar-refractivity contribution is -0.135. The molecule has 1 fully saturated rings. The van der Waals surface area contributed by atoms with Crippen molar-refractivity contribution in [3.8, 4) is 5.75 Å². The second-order valence-electron chi connectivity index (χ2n) is 7.55. The smallest absolute Gasteiger partial charge is 0.242 e. The maximum Gasteiger partial charge on any atom is 0.242 e. The number of pyridine rings is 1. The summed E-state index contributed by atoms with van der Waals surface area (Å²) >= 11 is 0. The first kappa shape index (κ1) is 19.7. The van der Waals surface area contributed by atoms with Gasteiger partial charge in [0.2, 0.25) is 11.3 Å². The number of nitrogens with zero attached hydrogens (tertiary/aromatic N) is 3. The highest BCUT2D eigenvalue weighted by molar-refractivity contribution is 5.76. The predicted octanol–water partition coefficient (Wildman–Crippen LogP) is 1.27. The number of benzene rings is 1. The van der Waals surface area contributed by atoms with E-state index in [9.17, 15) is 9.59 Å². The molecule has 3 heterocycles. The molecule has 2 aliphatic rings. The standard InChI is InChI=1S/C22H27N3O4/c1-28-21-15-25(16-22(27)24-8-10-29-11-9-24)19(12-20(21)26)14-23-7-6-17-4-2-3-5-18(17)13-23/h2-5,12,15H,6-11,13-14,16H2,1H3. The van der Waals surface area contributed by atoms with Gasteiger partial charge in [-0.2, -0.15) is 0 Å². The Labute approximate surface area is 170 Å². The highest BCUT2D eigenvalue weighted by Gasteiger charge is 2.21. The van der Waals surface area contributed by atoms with E-state index >= 15 is 0 Å². The molecule has 0 atom stereocenters. The molecule has 0 radical (unpaired) electrons. The van der Waals surface area contributed by atoms with Gasteiger partial charge in [0.25, 0.3) is 0 Å². The Morgan fingerprint density at radius 1 is 1.14 bits per heavy atom. The Bertz CT molecular complexity index is 934. The van der Waals surface area contributed by atoms with Gasteiger partial charge in [-0.05, 0) is 17.5 Å². The van der Waals surface area contributed by atoms with Crippen molar-refractivity contribution in [1.82, 2.24) is 14.4 Å². The van der Waals surface area contributed by atoms with E-state index in [1.54, 1.807) is 12.3 Å². The second kappa shape index (κ2) is 8.80. The molecule has 0 N–H and O–H groups in total. The fraction of sp³-hybridized carbons (Fsp3) is 0.455. The fourth-order valence-electron chi connectivity index (χ4n) is 4.01. The van der Waals surface area contributed by atoms with E-state index < -0.39 is 0 Å². The van der Waals surface area contributed by atoms with Crippen LogP contribution in [0.15, 0.2) is 41.3 Å². The van der Waals surface area contributed by atoms with Crippen molar-refractivity contribution < 1.29 is 14.3 Å². The number of aromatic nitrogens is 1. The molecular weight excluding hydrogens is 370 g/mol. The largest absolute Gasteiger partial charge is 0.491 e. The van der Waals surface area contributed by atoms with Crippen molar-refractivity contribution in [3.05, 3.63) is 63.6 Å². The van der Waals surface area contributed by atoms with Crippen LogP contribution in [0.2, 0.25) is 0 Å². The number of carbonyl (C=O) groups is 1. The number of fused-ring (bicyclic) bond motifs is 1. The third kappa shape index (κ3) is 4.52. The predicted molar refractivity (Wildman–Crippen MR) is 109 cm³/mol. The molecule has 1 saturated heterocycles. The summed E-state index contributed by atoms with van der Waals surface area (Å²) in [5.74, 6) is 0.289. The van der Waals surface area contributed by atoms with Gasteiger partial charge in [-0.25, -0.2) is 0 Å². The third-order valence-corrected chi connectivity index (χ3v) is 5.67. The summed E-state index contributed by atoms with van der Waals surface area (Å²) in [5.41, 5.74) is 3.38. The number of methoxy groups -OCH3 is 1. The van der Waals surface area contributed by atoms with Crippen molar-refractivity contribution in [2.75, 3.05) is 40.0 Å². The van der Waals surface area contributed by atoms with Gasteiger partial charge in [0.15, 0.2) is 5.75 Å². The van der Waals surface area contributed by atoms with E-state index in [2.05, 4.69) is 29.2 Å². The fourth-order valence-corrected chi connectivity index (χ4v) is 4.01. The lowest BCUT2D eigenvalue weighted by atomic mass is 10.00. The van der Waals surface area contributed by atoms with Crippen LogP contribution in [0, 0.1) is 0 Å². The van der Waals surface area contributed by atoms with Crippen LogP contribution in [-0.4, -0.2) is 60.2 Å². The minimum absolute atomic E-state index is 0.0317. The number of ether oxygens (including phenoxy) is 2. The summed E-state index contributed by atoms with van der Waals surface area (Å²) in [7, 11) is 1.48. The Hall–Kier alpha value is -2.64. The molecule has 2 aliphatic heterocycles. The first-order chi connectivity index (χ1) is 14.1. The van der Waals surface area contributed by atoms with Gasteiger partial charge in [-0.15, -0.1) is 0 Å². The highest BCUT2D eigenvalue weighted by Crippen LogP contribution is 2.20. The number of carbonyl (C=O) groups excluding carboxylic acids is 1. The number of hydrogen-bond donors (Lipinski definition) is 0. The number of hydrogen-bond acceptors (Lipinski definition) is 5. The van der Waals surface area contributed by atoms with Crippen LogP contribution in [0.5, 0.6) is 5.75 Å². The normalized spacial score (nSPS) is 17.1. The van der Waals surface area contributed by atoms with Crippen LogP contribution in [0.25, 0.3) is 0 Å². The van der Waals surface area contributed by atoms with Crippen LogP contribution in [0.1, 0.15) is 16.8 Å². The quantitative estimate of drug-likeness (QED) is 0.761. The molecule has 0 unspecified atom stereocenters. The van der Waals surface area contributed by atoms with E-state index in [0.29, 0.717) is 32.8 Å². The Morgan fingerprint density at radius 2 is 1.90 bits per heavy atom. The van der Waals surface area contributed by atoms with E-state index in [1.165, 1.54) is 18.2 Å². The molecule has 4 rings (SSSR count). The molecule has 2 aromatic rings. The summed E-state index contributed by atoms with van der Waals surface area (Å²) in [6.45, 7) is 4.92. The van der Waals surface area contributed by atoms with Gasteiger partial charge in [0, 0.05) is 44.5 Å². The van der Waals surface area contributed by atoms with Gasteiger partial charge in [0.05, 0.1) is 26.5 Å². The minimum atomic E-state index is -0.157. The topological polar surface area (TPSA) is 64.0 Å². The Morgan fingerprint density at radius 3 is 2.66 bits per heavy atom. The summed E-state index contributed by atoms with van der Waals surface area (Å²) < 4.78 is 12.4. The first-order valence-corrected chi connectivity index (χ1v) is 10.1. The third-order valence-electron chi connectivity index (χ3n) is 5.67. The zero-order chi connectivity index (χ0) is 20.2. The van der Waals surface area contributed by atoms with Crippen LogP contribution in [0.3, 0.4) is 0 Å². The number of morpholine rings is 1. The summed E-state index contributed by atoms with van der Waals surface area (Å²) in [5, 5.41) is 0. The van der Waals surface area contributed by atoms with Crippen LogP contribution in [0.4, 0.5) is 0 Å². The molecule has 7 nitrogen and oxygen atoms in total. The minimum Gasteiger partial charge on any atom is -0.491 e. The van der Waals surface area contributed by atoms with E-state index in [4.69, 9.17) is 9.47 Å². The molecule has 0 aliphatic carbocycles. The lowest BCUT2D eigenvalue weighted by Gasteiger charge is -2.30. The van der Waals surface area contributed by atoms with Crippen LogP contribution in [-0.2, 0) is 35.6 Å². The second-order valence-corrected chi connectivity index (χ2v) is 7.55. The monoisotopic (exact) mass is 397 g/mol. The van der Waals surface area contributed by atoms with E-state index in [-0.39, 0.29) is 23.6 Å². The first-order valence-electron chi connectivity index (χ1n) is 10.1. The molecule has 0 bridgehead atoms. The molecule has 1 amide bonds. The van der Waals surface area contributed by atoms with Crippen molar-refractivity contribution >= 4 is 5.91 Å². The van der Waals surface area contributed by atoms with Crippen molar-refractivity contribution in [2.45, 2.75) is 26.1 Å². The highest BCUT2D eigenvalue weighted by atomic mass is 16.5. The van der Waals surface area contributed by atoms with Crippen LogP contribution < -0.4 is 10.2 Å². The molecule has 1 aromatic heterocycles. The average Bonchev–Trinajstić information content (AvgIpc) is 2.76. The molecule has 7 heteroatoms. The molecular formula is C22H27N3O4. The number of amides is 1. The van der Waals surface area contributed by atoms with E-state index in [1.807, 2.05) is 9.47 Å². The molecule has 1 aromatic carbocycles. The van der Waals surface area contributed by atoms with Gasteiger partial charge in [-0.3, -0.25) is 14.5 Å².